The van der Waals surface area contributed by atoms with Crippen LogP contribution in [0.4, 0.5) is 0 Å². The maximum Gasteiger partial charge on any atom is 0.126 e. The van der Waals surface area contributed by atoms with Crippen molar-refractivity contribution < 1.29 is 4.74 Å². The van der Waals surface area contributed by atoms with E-state index in [0.717, 1.165) is 11.3 Å². The topological polar surface area (TPSA) is 36.3 Å². The van der Waals surface area contributed by atoms with Crippen molar-refractivity contribution in [3.63, 3.8) is 0 Å². The number of methoxy groups -OCH3 is 1. The van der Waals surface area contributed by atoms with Crippen LogP contribution in [0.15, 0.2) is 24.3 Å². The molecule has 3 heteroatoms. The largest absolute Gasteiger partial charge is 0.496 e. The number of hydrogen-bond acceptors (Lipinski definition) is 3. The Bertz CT molecular complexity index is 341. The molecule has 0 aliphatic heterocycles. The Hall–Kier alpha value is -1.53. The van der Waals surface area contributed by atoms with Crippen molar-refractivity contribution in [2.24, 2.45) is 0 Å². The third-order valence-corrected chi connectivity index (χ3v) is 2.07. The lowest BCUT2D eigenvalue weighted by Crippen LogP contribution is -2.18. The predicted molar refractivity (Wildman–Crippen MR) is 55.0 cm³/mol. The van der Waals surface area contributed by atoms with Gasteiger partial charge in [0.25, 0.3) is 0 Å². The normalized spacial score (nSPS) is 12.2. The molecule has 0 spiro atoms. The Morgan fingerprint density at radius 3 is 2.50 bits per heavy atom. The zero-order valence-corrected chi connectivity index (χ0v) is 8.69. The van der Waals surface area contributed by atoms with Gasteiger partial charge in [-0.05, 0) is 20.2 Å². The van der Waals surface area contributed by atoms with Crippen LogP contribution in [-0.2, 0) is 0 Å². The molecule has 0 saturated heterocycles. The minimum Gasteiger partial charge on any atom is -0.496 e. The lowest BCUT2D eigenvalue weighted by atomic mass is 10.1. The summed E-state index contributed by atoms with van der Waals surface area (Å²) in [7, 11) is 5.36. The van der Waals surface area contributed by atoms with Crippen molar-refractivity contribution in [3.05, 3.63) is 29.8 Å². The standard InChI is InChI=1S/C11H14N2O/c1-13(2)10(8-12)9-6-4-5-7-11(9)14-3/h4-7,10H,1-3H3/t10-/m0/s1. The van der Waals surface area contributed by atoms with E-state index in [1.54, 1.807) is 7.11 Å². The molecule has 0 saturated carbocycles. The van der Waals surface area contributed by atoms with E-state index in [1.165, 1.54) is 0 Å². The van der Waals surface area contributed by atoms with Gasteiger partial charge in [-0.15, -0.1) is 0 Å². The average molecular weight is 190 g/mol. The Morgan fingerprint density at radius 2 is 2.00 bits per heavy atom. The van der Waals surface area contributed by atoms with Gasteiger partial charge >= 0.3 is 0 Å². The lowest BCUT2D eigenvalue weighted by Gasteiger charge is -2.19. The van der Waals surface area contributed by atoms with Crippen LogP contribution in [0.5, 0.6) is 5.75 Å². The number of para-hydroxylation sites is 1. The van der Waals surface area contributed by atoms with Gasteiger partial charge in [-0.2, -0.15) is 5.26 Å². The highest BCUT2D eigenvalue weighted by molar-refractivity contribution is 5.38. The molecule has 0 amide bonds. The molecule has 1 atom stereocenters. The number of ether oxygens (including phenoxy) is 1. The third kappa shape index (κ3) is 2.04. The molecule has 0 aliphatic rings. The van der Waals surface area contributed by atoms with Gasteiger partial charge in [0.15, 0.2) is 0 Å². The Kier molecular flexibility index (Phi) is 3.49. The molecule has 0 aliphatic carbocycles. The minimum atomic E-state index is -0.258. The fourth-order valence-corrected chi connectivity index (χ4v) is 1.36. The number of hydrogen-bond donors (Lipinski definition) is 0. The predicted octanol–water partition coefficient (Wildman–Crippen LogP) is 1.82. The molecule has 1 aromatic rings. The quantitative estimate of drug-likeness (QED) is 0.729. The van der Waals surface area contributed by atoms with E-state index in [-0.39, 0.29) is 6.04 Å². The number of nitriles is 1. The average Bonchev–Trinajstić information content (AvgIpc) is 2.19. The smallest absolute Gasteiger partial charge is 0.126 e. The second-order valence-electron chi connectivity index (χ2n) is 3.24. The van der Waals surface area contributed by atoms with Gasteiger partial charge in [-0.3, -0.25) is 4.90 Å². The van der Waals surface area contributed by atoms with Gasteiger partial charge in [0.05, 0.1) is 13.2 Å². The molecule has 74 valence electrons. The van der Waals surface area contributed by atoms with E-state index in [0.29, 0.717) is 0 Å². The van der Waals surface area contributed by atoms with E-state index in [2.05, 4.69) is 6.07 Å². The van der Waals surface area contributed by atoms with Crippen LogP contribution < -0.4 is 4.74 Å². The van der Waals surface area contributed by atoms with Gasteiger partial charge in [0.2, 0.25) is 0 Å². The molecule has 0 unspecified atom stereocenters. The summed E-state index contributed by atoms with van der Waals surface area (Å²) in [6.07, 6.45) is 0. The lowest BCUT2D eigenvalue weighted by molar-refractivity contribution is 0.340. The van der Waals surface area contributed by atoms with Crippen molar-refractivity contribution in [1.29, 1.82) is 5.26 Å². The highest BCUT2D eigenvalue weighted by Crippen LogP contribution is 2.26. The van der Waals surface area contributed by atoms with Crippen LogP contribution in [0.1, 0.15) is 11.6 Å². The van der Waals surface area contributed by atoms with Gasteiger partial charge < -0.3 is 4.74 Å². The fourth-order valence-electron chi connectivity index (χ4n) is 1.36. The van der Waals surface area contributed by atoms with E-state index in [4.69, 9.17) is 10.00 Å². The molecular formula is C11H14N2O. The zero-order valence-electron chi connectivity index (χ0n) is 8.69. The summed E-state index contributed by atoms with van der Waals surface area (Å²) >= 11 is 0. The van der Waals surface area contributed by atoms with Crippen LogP contribution >= 0.6 is 0 Å². The zero-order chi connectivity index (χ0) is 10.6. The van der Waals surface area contributed by atoms with Crippen molar-refractivity contribution in [2.45, 2.75) is 6.04 Å². The third-order valence-electron chi connectivity index (χ3n) is 2.07. The van der Waals surface area contributed by atoms with Crippen LogP contribution in [0.2, 0.25) is 0 Å². The highest BCUT2D eigenvalue weighted by atomic mass is 16.5. The van der Waals surface area contributed by atoms with E-state index >= 15 is 0 Å². The van der Waals surface area contributed by atoms with Crippen LogP contribution in [0.3, 0.4) is 0 Å². The first-order valence-electron chi connectivity index (χ1n) is 4.39. The molecule has 0 heterocycles. The van der Waals surface area contributed by atoms with Crippen molar-refractivity contribution >= 4 is 0 Å². The number of rotatable bonds is 3. The van der Waals surface area contributed by atoms with Crippen molar-refractivity contribution in [2.75, 3.05) is 21.2 Å². The molecule has 0 bridgehead atoms. The van der Waals surface area contributed by atoms with Crippen molar-refractivity contribution in [1.82, 2.24) is 4.90 Å². The first-order chi connectivity index (χ1) is 6.70. The number of nitrogens with zero attached hydrogens (tertiary/aromatic N) is 2. The second kappa shape index (κ2) is 4.64. The van der Waals surface area contributed by atoms with Gasteiger partial charge in [-0.1, -0.05) is 18.2 Å². The summed E-state index contributed by atoms with van der Waals surface area (Å²) in [5.41, 5.74) is 0.905. The molecule has 0 aromatic heterocycles. The summed E-state index contributed by atoms with van der Waals surface area (Å²) < 4.78 is 5.20. The Labute approximate surface area is 84.5 Å². The summed E-state index contributed by atoms with van der Waals surface area (Å²) in [6.45, 7) is 0. The molecule has 0 radical (unpaired) electrons. The number of benzene rings is 1. The Balaban J connectivity index is 3.10. The SMILES string of the molecule is COc1ccccc1[C@H](C#N)N(C)C. The summed E-state index contributed by atoms with van der Waals surface area (Å²) in [4.78, 5) is 1.86. The summed E-state index contributed by atoms with van der Waals surface area (Å²) in [5.74, 6) is 0.757. The second-order valence-corrected chi connectivity index (χ2v) is 3.24. The minimum absolute atomic E-state index is 0.258. The van der Waals surface area contributed by atoms with E-state index in [1.807, 2.05) is 43.3 Å². The van der Waals surface area contributed by atoms with Gasteiger partial charge in [-0.25, -0.2) is 0 Å². The maximum atomic E-state index is 9.02. The molecule has 0 fully saturated rings. The summed E-state index contributed by atoms with van der Waals surface area (Å²) in [6, 6.07) is 9.56. The summed E-state index contributed by atoms with van der Waals surface area (Å²) in [5, 5.41) is 9.02. The monoisotopic (exact) mass is 190 g/mol. The molecule has 1 rings (SSSR count). The first-order valence-corrected chi connectivity index (χ1v) is 4.39. The van der Waals surface area contributed by atoms with Crippen LogP contribution in [0.25, 0.3) is 0 Å². The maximum absolute atomic E-state index is 9.02. The molecule has 0 N–H and O–H groups in total. The van der Waals surface area contributed by atoms with Crippen LogP contribution in [0, 0.1) is 11.3 Å². The Morgan fingerprint density at radius 1 is 1.36 bits per heavy atom. The molecule has 14 heavy (non-hydrogen) atoms. The van der Waals surface area contributed by atoms with Crippen molar-refractivity contribution in [3.8, 4) is 11.8 Å². The van der Waals surface area contributed by atoms with Gasteiger partial charge in [0.1, 0.15) is 11.8 Å². The highest BCUT2D eigenvalue weighted by Gasteiger charge is 2.16. The first kappa shape index (κ1) is 10.6. The fraction of sp³-hybridized carbons (Fsp3) is 0.364. The molecule has 1 aromatic carbocycles. The van der Waals surface area contributed by atoms with E-state index in [9.17, 15) is 0 Å². The molecular weight excluding hydrogens is 176 g/mol. The van der Waals surface area contributed by atoms with Gasteiger partial charge in [0, 0.05) is 5.56 Å². The molecule has 3 nitrogen and oxygen atoms in total. The van der Waals surface area contributed by atoms with Crippen LogP contribution in [-0.4, -0.2) is 26.1 Å². The van der Waals surface area contributed by atoms with E-state index < -0.39 is 0 Å².